The van der Waals surface area contributed by atoms with Gasteiger partial charge in [-0.2, -0.15) is 4.31 Å². The van der Waals surface area contributed by atoms with Crippen molar-refractivity contribution in [2.45, 2.75) is 28.1 Å². The number of benzene rings is 1. The van der Waals surface area contributed by atoms with E-state index in [1.54, 1.807) is 6.08 Å². The number of nitrogens with one attached hydrogen (secondary N) is 1. The lowest BCUT2D eigenvalue weighted by atomic mass is 10.2. The molecule has 0 spiro atoms. The number of hydrogen-bond acceptors (Lipinski definition) is 7. The molecule has 1 aromatic heterocycles. The van der Waals surface area contributed by atoms with Gasteiger partial charge in [0.1, 0.15) is 11.9 Å². The minimum atomic E-state index is -3.89. The Morgan fingerprint density at radius 1 is 1.41 bits per heavy atom. The molecule has 1 fully saturated rings. The summed E-state index contributed by atoms with van der Waals surface area (Å²) in [6, 6.07) is 3.73. The highest BCUT2D eigenvalue weighted by molar-refractivity contribution is 8.01. The van der Waals surface area contributed by atoms with E-state index in [-0.39, 0.29) is 11.4 Å². The molecule has 11 heteroatoms. The number of aromatic nitrogens is 2. The van der Waals surface area contributed by atoms with Gasteiger partial charge in [-0.3, -0.25) is 10.1 Å². The van der Waals surface area contributed by atoms with Crippen LogP contribution in [0.5, 0.6) is 0 Å². The van der Waals surface area contributed by atoms with Crippen LogP contribution < -0.4 is 5.32 Å². The first-order valence-corrected chi connectivity index (χ1v) is 11.3. The summed E-state index contributed by atoms with van der Waals surface area (Å²) in [6.07, 6.45) is 2.71. The Kier molecular flexibility index (Phi) is 6.25. The standard InChI is InChI=1S/C16H17FN4O3S3/c1-2-10-25-16-20-19-15(26-16)18-14(22)13-4-3-9-21(13)27(23,24)12-7-5-11(17)6-8-12/h2,5-8,13H,1,3-4,9-10H2,(H,18,19,22)/t13-/m0/s1. The Labute approximate surface area is 164 Å². The van der Waals surface area contributed by atoms with Gasteiger partial charge < -0.3 is 0 Å². The van der Waals surface area contributed by atoms with E-state index in [0.29, 0.717) is 28.1 Å². The van der Waals surface area contributed by atoms with Crippen LogP contribution in [0, 0.1) is 5.82 Å². The third-order valence-electron chi connectivity index (χ3n) is 3.89. The van der Waals surface area contributed by atoms with Crippen molar-refractivity contribution in [3.05, 3.63) is 42.7 Å². The van der Waals surface area contributed by atoms with E-state index in [2.05, 4.69) is 22.1 Å². The molecule has 1 aromatic carbocycles. The molecule has 1 amide bonds. The van der Waals surface area contributed by atoms with Crippen LogP contribution in [0.4, 0.5) is 9.52 Å². The van der Waals surface area contributed by atoms with Gasteiger partial charge in [-0.1, -0.05) is 29.2 Å². The van der Waals surface area contributed by atoms with Crippen molar-refractivity contribution >= 4 is 44.2 Å². The fourth-order valence-electron chi connectivity index (χ4n) is 2.67. The van der Waals surface area contributed by atoms with Crippen LogP contribution in [0.15, 0.2) is 46.2 Å². The molecule has 0 bridgehead atoms. The molecule has 0 aliphatic carbocycles. The largest absolute Gasteiger partial charge is 0.299 e. The summed E-state index contributed by atoms with van der Waals surface area (Å²) in [4.78, 5) is 12.6. The van der Waals surface area contributed by atoms with Crippen molar-refractivity contribution in [3.8, 4) is 0 Å². The molecule has 3 rings (SSSR count). The smallest absolute Gasteiger partial charge is 0.244 e. The second-order valence-electron chi connectivity index (χ2n) is 5.69. The van der Waals surface area contributed by atoms with E-state index in [1.807, 2.05) is 0 Å². The minimum Gasteiger partial charge on any atom is -0.299 e. The van der Waals surface area contributed by atoms with Crippen molar-refractivity contribution in [1.82, 2.24) is 14.5 Å². The van der Waals surface area contributed by atoms with Gasteiger partial charge >= 0.3 is 0 Å². The Morgan fingerprint density at radius 3 is 2.85 bits per heavy atom. The lowest BCUT2D eigenvalue weighted by Gasteiger charge is -2.22. The first kappa shape index (κ1) is 19.9. The summed E-state index contributed by atoms with van der Waals surface area (Å²) in [5, 5.41) is 10.8. The van der Waals surface area contributed by atoms with E-state index in [0.717, 1.165) is 16.4 Å². The molecule has 0 unspecified atom stereocenters. The van der Waals surface area contributed by atoms with Crippen molar-refractivity contribution in [2.75, 3.05) is 17.6 Å². The maximum atomic E-state index is 13.1. The van der Waals surface area contributed by atoms with Crippen LogP contribution in [0.25, 0.3) is 0 Å². The number of halogens is 1. The number of hydrogen-bond donors (Lipinski definition) is 1. The highest BCUT2D eigenvalue weighted by Gasteiger charge is 2.39. The van der Waals surface area contributed by atoms with Crippen molar-refractivity contribution in [1.29, 1.82) is 0 Å². The van der Waals surface area contributed by atoms with Gasteiger partial charge in [0.25, 0.3) is 0 Å². The third-order valence-corrected chi connectivity index (χ3v) is 7.78. The zero-order valence-electron chi connectivity index (χ0n) is 14.2. The van der Waals surface area contributed by atoms with Crippen molar-refractivity contribution < 1.29 is 17.6 Å². The monoisotopic (exact) mass is 428 g/mol. The Morgan fingerprint density at radius 2 is 2.15 bits per heavy atom. The molecule has 1 aliphatic heterocycles. The summed E-state index contributed by atoms with van der Waals surface area (Å²) in [5.41, 5.74) is 0. The van der Waals surface area contributed by atoms with E-state index in [4.69, 9.17) is 0 Å². The lowest BCUT2D eigenvalue weighted by Crippen LogP contribution is -2.43. The molecule has 144 valence electrons. The third kappa shape index (κ3) is 4.54. The molecule has 2 heterocycles. The zero-order valence-corrected chi connectivity index (χ0v) is 16.6. The Balaban J connectivity index is 1.73. The van der Waals surface area contributed by atoms with Crippen molar-refractivity contribution in [3.63, 3.8) is 0 Å². The topological polar surface area (TPSA) is 92.3 Å². The quantitative estimate of drug-likeness (QED) is 0.414. The fraction of sp³-hybridized carbons (Fsp3) is 0.312. The number of thioether (sulfide) groups is 1. The van der Waals surface area contributed by atoms with Gasteiger partial charge in [-0.15, -0.1) is 16.8 Å². The van der Waals surface area contributed by atoms with Gasteiger partial charge in [0.05, 0.1) is 4.90 Å². The molecule has 0 saturated carbocycles. The van der Waals surface area contributed by atoms with E-state index >= 15 is 0 Å². The second kappa shape index (κ2) is 8.46. The molecule has 1 N–H and O–H groups in total. The molecule has 7 nitrogen and oxygen atoms in total. The maximum absolute atomic E-state index is 13.1. The Hall–Kier alpha value is -1.82. The summed E-state index contributed by atoms with van der Waals surface area (Å²) in [6.45, 7) is 3.86. The van der Waals surface area contributed by atoms with Gasteiger partial charge in [0.15, 0.2) is 4.34 Å². The molecule has 1 aliphatic rings. The van der Waals surface area contributed by atoms with E-state index < -0.39 is 27.8 Å². The second-order valence-corrected chi connectivity index (χ2v) is 9.82. The maximum Gasteiger partial charge on any atom is 0.244 e. The number of carbonyl (C=O) groups excluding carboxylic acids is 1. The van der Waals surface area contributed by atoms with Crippen molar-refractivity contribution in [2.24, 2.45) is 0 Å². The average Bonchev–Trinajstić information content (AvgIpc) is 3.30. The number of rotatable bonds is 7. The van der Waals surface area contributed by atoms with E-state index in [9.17, 15) is 17.6 Å². The average molecular weight is 429 g/mol. The van der Waals surface area contributed by atoms with Crippen LogP contribution in [-0.2, 0) is 14.8 Å². The number of nitrogens with zero attached hydrogens (tertiary/aromatic N) is 3. The van der Waals surface area contributed by atoms with Crippen LogP contribution in [0.1, 0.15) is 12.8 Å². The SMILES string of the molecule is C=CCSc1nnc(NC(=O)[C@@H]2CCCN2S(=O)(=O)c2ccc(F)cc2)s1. The molecular formula is C16H17FN4O3S3. The normalized spacial score (nSPS) is 17.7. The van der Waals surface area contributed by atoms with E-state index in [1.165, 1.54) is 35.2 Å². The highest BCUT2D eigenvalue weighted by Crippen LogP contribution is 2.29. The summed E-state index contributed by atoms with van der Waals surface area (Å²) in [5.74, 6) is -0.296. The molecular weight excluding hydrogens is 411 g/mol. The number of amides is 1. The fourth-order valence-corrected chi connectivity index (χ4v) is 5.84. The predicted octanol–water partition coefficient (Wildman–Crippen LogP) is 2.75. The first-order chi connectivity index (χ1) is 12.9. The predicted molar refractivity (Wildman–Crippen MR) is 103 cm³/mol. The van der Waals surface area contributed by atoms with Gasteiger partial charge in [-0.05, 0) is 37.1 Å². The number of sulfonamides is 1. The van der Waals surface area contributed by atoms with Crippen LogP contribution >= 0.6 is 23.1 Å². The van der Waals surface area contributed by atoms with Gasteiger partial charge in [0.2, 0.25) is 21.1 Å². The molecule has 0 radical (unpaired) electrons. The lowest BCUT2D eigenvalue weighted by molar-refractivity contribution is -0.119. The summed E-state index contributed by atoms with van der Waals surface area (Å²) >= 11 is 2.66. The Bertz CT molecular complexity index is 931. The summed E-state index contributed by atoms with van der Waals surface area (Å²) < 4.78 is 40.6. The molecule has 1 atom stereocenters. The van der Waals surface area contributed by atoms with Crippen LogP contribution in [0.3, 0.4) is 0 Å². The molecule has 27 heavy (non-hydrogen) atoms. The number of anilines is 1. The zero-order chi connectivity index (χ0) is 19.4. The molecule has 2 aromatic rings. The van der Waals surface area contributed by atoms with Gasteiger partial charge in [-0.25, -0.2) is 12.8 Å². The minimum absolute atomic E-state index is 0.0392. The number of carbonyl (C=O) groups is 1. The van der Waals surface area contributed by atoms with Crippen LogP contribution in [-0.4, -0.2) is 47.2 Å². The first-order valence-electron chi connectivity index (χ1n) is 8.07. The van der Waals surface area contributed by atoms with Gasteiger partial charge in [0, 0.05) is 12.3 Å². The molecule has 1 saturated heterocycles. The highest BCUT2D eigenvalue weighted by atomic mass is 32.2. The summed E-state index contributed by atoms with van der Waals surface area (Å²) in [7, 11) is -3.89. The van der Waals surface area contributed by atoms with Crippen LogP contribution in [0.2, 0.25) is 0 Å².